The van der Waals surface area contributed by atoms with E-state index in [0.29, 0.717) is 137 Å². The first kappa shape index (κ1) is 66.5. The fourth-order valence-electron chi connectivity index (χ4n) is 10.5. The number of carbonyl (C=O) groups excluding carboxylic acids is 4. The molecule has 0 saturated carbocycles. The minimum atomic E-state index is -0.542. The summed E-state index contributed by atoms with van der Waals surface area (Å²) in [7, 11) is 0. The molecule has 4 saturated heterocycles. The molecule has 0 aliphatic carbocycles. The molecule has 4 aliphatic rings. The zero-order valence-corrected chi connectivity index (χ0v) is 54.0. The predicted molar refractivity (Wildman–Crippen MR) is 344 cm³/mol. The minimum Gasteiger partial charge on any atom is -0.444 e. The number of carbonyl (C=O) groups is 4. The van der Waals surface area contributed by atoms with Gasteiger partial charge in [0.1, 0.15) is 35.5 Å². The van der Waals surface area contributed by atoms with Gasteiger partial charge in [-0.05, 0) is 83.5 Å². The summed E-state index contributed by atoms with van der Waals surface area (Å²) in [6.45, 7) is 19.8. The summed E-state index contributed by atoms with van der Waals surface area (Å²) in [4.78, 5) is 103. The monoisotopic (exact) mass is 1290 g/mol. The first-order valence-electron chi connectivity index (χ1n) is 31.1. The quantitative estimate of drug-likeness (QED) is 0.0910. The molecule has 8 aromatic rings. The van der Waals surface area contributed by atoms with Gasteiger partial charge in [-0.1, -0.05) is 60.7 Å². The second-order valence-corrected chi connectivity index (χ2v) is 25.0. The lowest BCUT2D eigenvalue weighted by atomic mass is 10.1. The first-order valence-corrected chi connectivity index (χ1v) is 31.5. The Morgan fingerprint density at radius 2 is 0.903 bits per heavy atom. The molecule has 0 bridgehead atoms. The van der Waals surface area contributed by atoms with Crippen LogP contribution >= 0.6 is 11.6 Å². The highest BCUT2D eigenvalue weighted by Gasteiger charge is 2.31. The maximum Gasteiger partial charge on any atom is 0.410 e. The molecule has 2 atom stereocenters. The van der Waals surface area contributed by atoms with Crippen molar-refractivity contribution in [3.05, 3.63) is 173 Å². The van der Waals surface area contributed by atoms with Crippen molar-refractivity contribution in [2.45, 2.75) is 110 Å². The SMILES string of the molecule is CC(C)(C)OC(=O)N1CCO[C@H](Cn2cc(Cc3ncnc(Cl)n3)cn2)C1.CC(C)(C)OC(=O)N1CCO[C@H](Cn2cc(Cc3ncnc(N4CCN(c5ncc(C(=O)c6ccccc6)cn5)CC4)n3)cn2)C1.O=C(c1ccccc1)c1cnc(N2CCCCC2)nc1. The second-order valence-electron chi connectivity index (χ2n) is 24.7. The van der Waals surface area contributed by atoms with Crippen molar-refractivity contribution in [1.82, 2.24) is 79.2 Å². The Balaban J connectivity index is 0.000000169. The van der Waals surface area contributed by atoms with Gasteiger partial charge in [-0.2, -0.15) is 15.2 Å². The molecule has 4 fully saturated rings. The summed E-state index contributed by atoms with van der Waals surface area (Å²) in [5.41, 5.74) is 3.15. The number of ether oxygens (including phenoxy) is 4. The second kappa shape index (κ2) is 31.2. The highest BCUT2D eigenvalue weighted by molar-refractivity contribution is 6.28. The van der Waals surface area contributed by atoms with E-state index >= 15 is 0 Å². The van der Waals surface area contributed by atoms with Crippen LogP contribution in [-0.4, -0.2) is 205 Å². The standard InChI is InChI=1S/C32H38N10O4.C17H23ClN6O3.C16H17N3O/c1-32(2,3)46-31(44)41-13-14-45-26(20-41)21-42-19-23(16-37-42)15-27-35-22-36-30(38-27)40-11-9-39(10-12-40)29-33-17-25(18-34-29)28(43)24-7-5-4-6-8-24;1-17(2,3)27-16(25)23-4-5-26-13(9-23)10-24-8-12(7-21-24)6-14-19-11-20-15(18)22-14;20-15(13-7-3-1-4-8-13)14-11-17-16(18-12-14)19-9-5-2-6-10-19/h4-8,16-19,22,26H,9-15,20-21H2,1-3H3;7-8,11,13H,4-6,9-10H2,1-3H3;1,3-4,7-8,11-12H,2,5-6,9-10H2/t26-;13-;/m00./s1. The fraction of sp³-hybridized carbons (Fsp3) is 0.446. The summed E-state index contributed by atoms with van der Waals surface area (Å²) in [6.07, 6.45) is 20.5. The number of amides is 2. The Hall–Kier alpha value is -9.47. The van der Waals surface area contributed by atoms with Gasteiger partial charge in [0, 0.05) is 114 Å². The highest BCUT2D eigenvalue weighted by Crippen LogP contribution is 2.21. The number of hydrogen-bond donors (Lipinski definition) is 0. The van der Waals surface area contributed by atoms with Crippen LogP contribution in [0.2, 0.25) is 5.28 Å². The van der Waals surface area contributed by atoms with E-state index in [2.05, 4.69) is 69.8 Å². The molecule has 28 heteroatoms. The van der Waals surface area contributed by atoms with Crippen molar-refractivity contribution in [3.8, 4) is 0 Å². The van der Waals surface area contributed by atoms with Crippen LogP contribution in [0.1, 0.15) is 115 Å². The van der Waals surface area contributed by atoms with Crippen LogP contribution in [0.5, 0.6) is 0 Å². The molecule has 12 rings (SSSR count). The normalized spacial score (nSPS) is 16.9. The summed E-state index contributed by atoms with van der Waals surface area (Å²) in [6, 6.07) is 18.3. The maximum atomic E-state index is 12.7. The van der Waals surface area contributed by atoms with Gasteiger partial charge in [-0.15, -0.1) is 0 Å². The number of piperazine rings is 1. The zero-order chi connectivity index (χ0) is 65.3. The van der Waals surface area contributed by atoms with Crippen LogP contribution in [0, 0.1) is 0 Å². The Labute approximate surface area is 544 Å². The number of anilines is 3. The lowest BCUT2D eigenvalue weighted by Gasteiger charge is -2.34. The predicted octanol–water partition coefficient (Wildman–Crippen LogP) is 7.29. The Bertz CT molecular complexity index is 3730. The molecule has 6 aromatic heterocycles. The van der Waals surface area contributed by atoms with Crippen LogP contribution in [-0.2, 0) is 44.9 Å². The van der Waals surface area contributed by atoms with Gasteiger partial charge in [0.25, 0.3) is 0 Å². The molecule has 93 heavy (non-hydrogen) atoms. The molecule has 0 N–H and O–H groups in total. The third-order valence-corrected chi connectivity index (χ3v) is 15.2. The van der Waals surface area contributed by atoms with E-state index in [-0.39, 0.29) is 41.2 Å². The molecule has 488 valence electrons. The molecular weight excluding hydrogens is 1210 g/mol. The number of benzene rings is 2. The van der Waals surface area contributed by atoms with Gasteiger partial charge < -0.3 is 43.4 Å². The number of morpholine rings is 2. The van der Waals surface area contributed by atoms with E-state index in [4.69, 9.17) is 35.5 Å². The van der Waals surface area contributed by atoms with E-state index in [9.17, 15) is 19.2 Å². The minimum absolute atomic E-state index is 0.0317. The molecular formula is C65H78ClN19O8. The molecule has 2 amide bonds. The van der Waals surface area contributed by atoms with Crippen LogP contribution in [0.25, 0.3) is 0 Å². The highest BCUT2D eigenvalue weighted by atomic mass is 35.5. The van der Waals surface area contributed by atoms with E-state index in [1.54, 1.807) is 82.3 Å². The van der Waals surface area contributed by atoms with E-state index < -0.39 is 11.2 Å². The zero-order valence-electron chi connectivity index (χ0n) is 53.3. The number of halogens is 1. The summed E-state index contributed by atoms with van der Waals surface area (Å²) < 4.78 is 26.2. The number of ketones is 2. The van der Waals surface area contributed by atoms with E-state index in [0.717, 1.165) is 30.2 Å². The summed E-state index contributed by atoms with van der Waals surface area (Å²) >= 11 is 5.78. The maximum absolute atomic E-state index is 12.7. The number of hydrogen-bond acceptors (Lipinski definition) is 23. The van der Waals surface area contributed by atoms with Crippen LogP contribution < -0.4 is 14.7 Å². The van der Waals surface area contributed by atoms with Crippen molar-refractivity contribution in [1.29, 1.82) is 0 Å². The Morgan fingerprint density at radius 3 is 1.34 bits per heavy atom. The number of rotatable bonds is 15. The van der Waals surface area contributed by atoms with Gasteiger partial charge in [0.2, 0.25) is 23.1 Å². The van der Waals surface area contributed by atoms with Gasteiger partial charge in [0.05, 0.1) is 75.1 Å². The largest absolute Gasteiger partial charge is 0.444 e. The number of nitrogens with zero attached hydrogens (tertiary/aromatic N) is 19. The molecule has 27 nitrogen and oxygen atoms in total. The average molecular weight is 1290 g/mol. The lowest BCUT2D eigenvalue weighted by Crippen LogP contribution is -2.48. The lowest BCUT2D eigenvalue weighted by molar-refractivity contribution is -0.0484. The number of piperidine rings is 1. The fourth-order valence-corrected chi connectivity index (χ4v) is 10.6. The van der Waals surface area contributed by atoms with E-state index in [1.807, 2.05) is 95.0 Å². The van der Waals surface area contributed by atoms with Crippen molar-refractivity contribution >= 4 is 53.2 Å². The number of aromatic nitrogens is 14. The molecule has 4 aliphatic heterocycles. The molecule has 0 radical (unpaired) electrons. The summed E-state index contributed by atoms with van der Waals surface area (Å²) in [5.74, 6) is 3.05. The van der Waals surface area contributed by atoms with Crippen LogP contribution in [0.15, 0.2) is 123 Å². The molecule has 10 heterocycles. The smallest absolute Gasteiger partial charge is 0.410 e. The van der Waals surface area contributed by atoms with Crippen molar-refractivity contribution in [2.24, 2.45) is 0 Å². The van der Waals surface area contributed by atoms with Gasteiger partial charge >= 0.3 is 12.2 Å². The average Bonchev–Trinajstić information content (AvgIpc) is 2.06. The molecule has 0 spiro atoms. The first-order chi connectivity index (χ1) is 44.8. The Kier molecular flexibility index (Phi) is 22.3. The van der Waals surface area contributed by atoms with Crippen LogP contribution in [0.4, 0.5) is 27.4 Å². The molecule has 0 unspecified atom stereocenters. The van der Waals surface area contributed by atoms with Crippen molar-refractivity contribution in [3.63, 3.8) is 0 Å². The Morgan fingerprint density at radius 1 is 0.484 bits per heavy atom. The van der Waals surface area contributed by atoms with Gasteiger partial charge in [-0.25, -0.2) is 54.4 Å². The molecule has 2 aromatic carbocycles. The van der Waals surface area contributed by atoms with E-state index in [1.165, 1.54) is 25.6 Å². The topological polar surface area (TPSA) is 286 Å². The summed E-state index contributed by atoms with van der Waals surface area (Å²) in [5, 5.41) is 9.03. The third kappa shape index (κ3) is 19.8. The van der Waals surface area contributed by atoms with Crippen molar-refractivity contribution < 1.29 is 38.1 Å². The van der Waals surface area contributed by atoms with Crippen molar-refractivity contribution in [2.75, 3.05) is 93.4 Å². The van der Waals surface area contributed by atoms with Gasteiger partial charge in [0.15, 0.2) is 11.6 Å². The van der Waals surface area contributed by atoms with Gasteiger partial charge in [-0.3, -0.25) is 19.0 Å². The third-order valence-electron chi connectivity index (χ3n) is 15.0. The van der Waals surface area contributed by atoms with Crippen LogP contribution in [0.3, 0.4) is 0 Å².